The molecule has 2 heterocycles. The SMILES string of the molecule is CCN1CCCC(OC(=O)c2cccc3[nH]ccc23)C1. The van der Waals surface area contributed by atoms with Crippen LogP contribution in [0.5, 0.6) is 0 Å². The number of aromatic amines is 1. The number of benzene rings is 1. The van der Waals surface area contributed by atoms with Crippen molar-refractivity contribution in [2.75, 3.05) is 19.6 Å². The highest BCUT2D eigenvalue weighted by molar-refractivity contribution is 6.03. The third-order valence-corrected chi connectivity index (χ3v) is 4.00. The number of likely N-dealkylation sites (tertiary alicyclic amines) is 1. The molecule has 1 aromatic heterocycles. The van der Waals surface area contributed by atoms with Crippen molar-refractivity contribution in [1.82, 2.24) is 9.88 Å². The molecular formula is C16H20N2O2. The largest absolute Gasteiger partial charge is 0.457 e. The van der Waals surface area contributed by atoms with Gasteiger partial charge in [-0.25, -0.2) is 4.79 Å². The quantitative estimate of drug-likeness (QED) is 0.874. The first-order valence-corrected chi connectivity index (χ1v) is 7.27. The van der Waals surface area contributed by atoms with E-state index in [0.717, 1.165) is 43.4 Å². The van der Waals surface area contributed by atoms with Crippen molar-refractivity contribution in [2.45, 2.75) is 25.9 Å². The van der Waals surface area contributed by atoms with Gasteiger partial charge in [-0.2, -0.15) is 0 Å². The summed E-state index contributed by atoms with van der Waals surface area (Å²) in [7, 11) is 0. The maximum atomic E-state index is 12.4. The smallest absolute Gasteiger partial charge is 0.339 e. The van der Waals surface area contributed by atoms with Crippen LogP contribution in [0.25, 0.3) is 10.9 Å². The van der Waals surface area contributed by atoms with Gasteiger partial charge in [0.2, 0.25) is 0 Å². The van der Waals surface area contributed by atoms with Crippen molar-refractivity contribution in [3.63, 3.8) is 0 Å². The first kappa shape index (κ1) is 13.2. The van der Waals surface area contributed by atoms with Gasteiger partial charge in [-0.05, 0) is 44.1 Å². The Labute approximate surface area is 118 Å². The van der Waals surface area contributed by atoms with E-state index >= 15 is 0 Å². The third-order valence-electron chi connectivity index (χ3n) is 4.00. The van der Waals surface area contributed by atoms with E-state index in [1.807, 2.05) is 30.5 Å². The second kappa shape index (κ2) is 5.67. The van der Waals surface area contributed by atoms with Gasteiger partial charge >= 0.3 is 5.97 Å². The number of carbonyl (C=O) groups is 1. The van der Waals surface area contributed by atoms with Gasteiger partial charge in [-0.15, -0.1) is 0 Å². The predicted molar refractivity (Wildman–Crippen MR) is 78.9 cm³/mol. The Bertz CT molecular complexity index is 605. The number of ether oxygens (including phenoxy) is 1. The summed E-state index contributed by atoms with van der Waals surface area (Å²) in [6.45, 7) is 5.12. The van der Waals surface area contributed by atoms with Gasteiger partial charge in [0, 0.05) is 23.6 Å². The molecule has 1 aliphatic heterocycles. The van der Waals surface area contributed by atoms with Gasteiger partial charge in [-0.3, -0.25) is 4.90 Å². The average molecular weight is 272 g/mol. The summed E-state index contributed by atoms with van der Waals surface area (Å²) in [4.78, 5) is 17.8. The van der Waals surface area contributed by atoms with Crippen LogP contribution in [0.4, 0.5) is 0 Å². The normalized spacial score (nSPS) is 20.1. The van der Waals surface area contributed by atoms with Crippen molar-refractivity contribution in [1.29, 1.82) is 0 Å². The number of fused-ring (bicyclic) bond motifs is 1. The number of piperidine rings is 1. The number of H-pyrrole nitrogens is 1. The number of likely N-dealkylation sites (N-methyl/N-ethyl adjacent to an activating group) is 1. The molecule has 106 valence electrons. The fourth-order valence-corrected chi connectivity index (χ4v) is 2.87. The Kier molecular flexibility index (Phi) is 3.74. The highest BCUT2D eigenvalue weighted by atomic mass is 16.5. The molecule has 0 saturated carbocycles. The first-order chi connectivity index (χ1) is 9.78. The summed E-state index contributed by atoms with van der Waals surface area (Å²) >= 11 is 0. The van der Waals surface area contributed by atoms with Crippen molar-refractivity contribution in [3.8, 4) is 0 Å². The molecular weight excluding hydrogens is 252 g/mol. The van der Waals surface area contributed by atoms with E-state index in [1.54, 1.807) is 0 Å². The van der Waals surface area contributed by atoms with Gasteiger partial charge in [-0.1, -0.05) is 13.0 Å². The van der Waals surface area contributed by atoms with Gasteiger partial charge in [0.05, 0.1) is 5.56 Å². The van der Waals surface area contributed by atoms with E-state index in [9.17, 15) is 4.79 Å². The number of esters is 1. The Morgan fingerprint density at radius 1 is 1.45 bits per heavy atom. The maximum absolute atomic E-state index is 12.4. The molecule has 4 heteroatoms. The average Bonchev–Trinajstić information content (AvgIpc) is 2.95. The molecule has 1 N–H and O–H groups in total. The molecule has 1 unspecified atom stereocenters. The fourth-order valence-electron chi connectivity index (χ4n) is 2.87. The van der Waals surface area contributed by atoms with E-state index in [1.165, 1.54) is 0 Å². The van der Waals surface area contributed by atoms with Crippen molar-refractivity contribution in [3.05, 3.63) is 36.0 Å². The molecule has 1 aromatic carbocycles. The lowest BCUT2D eigenvalue weighted by atomic mass is 10.1. The lowest BCUT2D eigenvalue weighted by molar-refractivity contribution is 0.00795. The summed E-state index contributed by atoms with van der Waals surface area (Å²) in [5.41, 5.74) is 1.62. The highest BCUT2D eigenvalue weighted by Crippen LogP contribution is 2.20. The van der Waals surface area contributed by atoms with Crippen LogP contribution < -0.4 is 0 Å². The summed E-state index contributed by atoms with van der Waals surface area (Å²) < 4.78 is 5.69. The van der Waals surface area contributed by atoms with E-state index in [2.05, 4.69) is 16.8 Å². The Morgan fingerprint density at radius 3 is 3.20 bits per heavy atom. The van der Waals surface area contributed by atoms with Crippen LogP contribution >= 0.6 is 0 Å². The second-order valence-electron chi connectivity index (χ2n) is 5.31. The van der Waals surface area contributed by atoms with Crippen molar-refractivity contribution in [2.24, 2.45) is 0 Å². The monoisotopic (exact) mass is 272 g/mol. The van der Waals surface area contributed by atoms with Gasteiger partial charge in [0.15, 0.2) is 0 Å². The number of nitrogens with zero attached hydrogens (tertiary/aromatic N) is 1. The first-order valence-electron chi connectivity index (χ1n) is 7.27. The van der Waals surface area contributed by atoms with Crippen LogP contribution in [0.15, 0.2) is 30.5 Å². The zero-order valence-electron chi connectivity index (χ0n) is 11.8. The van der Waals surface area contributed by atoms with E-state index in [-0.39, 0.29) is 12.1 Å². The van der Waals surface area contributed by atoms with Crippen LogP contribution in [-0.4, -0.2) is 41.6 Å². The molecule has 1 fully saturated rings. The minimum atomic E-state index is -0.210. The highest BCUT2D eigenvalue weighted by Gasteiger charge is 2.23. The zero-order chi connectivity index (χ0) is 13.9. The van der Waals surface area contributed by atoms with Gasteiger partial charge in [0.25, 0.3) is 0 Å². The lowest BCUT2D eigenvalue weighted by Crippen LogP contribution is -2.40. The summed E-state index contributed by atoms with van der Waals surface area (Å²) in [5, 5.41) is 0.931. The summed E-state index contributed by atoms with van der Waals surface area (Å²) in [6.07, 6.45) is 3.93. The van der Waals surface area contributed by atoms with E-state index < -0.39 is 0 Å². The van der Waals surface area contributed by atoms with Crippen LogP contribution in [0.2, 0.25) is 0 Å². The molecule has 0 bridgehead atoms. The fraction of sp³-hybridized carbons (Fsp3) is 0.438. The summed E-state index contributed by atoms with van der Waals surface area (Å²) in [5.74, 6) is -0.210. The molecule has 0 spiro atoms. The second-order valence-corrected chi connectivity index (χ2v) is 5.31. The summed E-state index contributed by atoms with van der Waals surface area (Å²) in [6, 6.07) is 7.60. The molecule has 0 amide bonds. The minimum absolute atomic E-state index is 0.0189. The molecule has 1 saturated heterocycles. The molecule has 0 radical (unpaired) electrons. The zero-order valence-corrected chi connectivity index (χ0v) is 11.8. The molecule has 4 nitrogen and oxygen atoms in total. The number of nitrogens with one attached hydrogen (secondary N) is 1. The maximum Gasteiger partial charge on any atom is 0.339 e. The van der Waals surface area contributed by atoms with Crippen LogP contribution in [0, 0.1) is 0 Å². The Hall–Kier alpha value is -1.81. The lowest BCUT2D eigenvalue weighted by Gasteiger charge is -2.31. The van der Waals surface area contributed by atoms with Crippen LogP contribution in [-0.2, 0) is 4.74 Å². The third kappa shape index (κ3) is 2.56. The number of hydrogen-bond donors (Lipinski definition) is 1. The van der Waals surface area contributed by atoms with Crippen molar-refractivity contribution >= 4 is 16.9 Å². The minimum Gasteiger partial charge on any atom is -0.457 e. The predicted octanol–water partition coefficient (Wildman–Crippen LogP) is 2.81. The number of carbonyl (C=O) groups excluding carboxylic acids is 1. The topological polar surface area (TPSA) is 45.3 Å². The Balaban J connectivity index is 1.74. The standard InChI is InChI=1S/C16H20N2O2/c1-2-18-10-4-5-12(11-18)20-16(19)14-6-3-7-15-13(14)8-9-17-15/h3,6-9,12,17H,2,4-5,10-11H2,1H3. The molecule has 2 aromatic rings. The molecule has 1 aliphatic rings. The van der Waals surface area contributed by atoms with Crippen molar-refractivity contribution < 1.29 is 9.53 Å². The van der Waals surface area contributed by atoms with Crippen LogP contribution in [0.3, 0.4) is 0 Å². The molecule has 20 heavy (non-hydrogen) atoms. The number of aromatic nitrogens is 1. The molecule has 1 atom stereocenters. The van der Waals surface area contributed by atoms with E-state index in [0.29, 0.717) is 5.56 Å². The molecule has 3 rings (SSSR count). The van der Waals surface area contributed by atoms with Crippen LogP contribution in [0.1, 0.15) is 30.1 Å². The number of rotatable bonds is 3. The Morgan fingerprint density at radius 2 is 2.35 bits per heavy atom. The van der Waals surface area contributed by atoms with E-state index in [4.69, 9.17) is 4.74 Å². The van der Waals surface area contributed by atoms with Gasteiger partial charge < -0.3 is 9.72 Å². The van der Waals surface area contributed by atoms with Gasteiger partial charge in [0.1, 0.15) is 6.10 Å². The number of hydrogen-bond acceptors (Lipinski definition) is 3. The molecule has 0 aliphatic carbocycles.